The first kappa shape index (κ1) is 26.4. The molecule has 5 nitrogen and oxygen atoms in total. The molecular formula is C27H33NO4S. The van der Waals surface area contributed by atoms with Gasteiger partial charge in [-0.15, -0.1) is 0 Å². The van der Waals surface area contributed by atoms with Gasteiger partial charge >= 0.3 is 11.9 Å². The van der Waals surface area contributed by atoms with Crippen LogP contribution in [-0.2, 0) is 16.0 Å². The van der Waals surface area contributed by atoms with Crippen LogP contribution < -0.4 is 0 Å². The molecule has 1 aliphatic rings. The Balaban J connectivity index is 0.000000414. The third-order valence-electron chi connectivity index (χ3n) is 5.03. The van der Waals surface area contributed by atoms with Crippen molar-refractivity contribution in [1.82, 2.24) is 4.90 Å². The van der Waals surface area contributed by atoms with Crippen molar-refractivity contribution in [1.29, 1.82) is 0 Å². The largest absolute Gasteiger partial charge is 0.478 e. The summed E-state index contributed by atoms with van der Waals surface area (Å²) >= 11 is 1.91. The van der Waals surface area contributed by atoms with Gasteiger partial charge in [-0.3, -0.25) is 0 Å². The second kappa shape index (κ2) is 13.0. The molecule has 0 spiro atoms. The van der Waals surface area contributed by atoms with Crippen LogP contribution in [-0.4, -0.2) is 47.7 Å². The van der Waals surface area contributed by atoms with E-state index in [0.29, 0.717) is 12.2 Å². The Bertz CT molecular complexity index is 1010. The van der Waals surface area contributed by atoms with E-state index in [0.717, 1.165) is 18.9 Å². The number of nitrogens with zero attached hydrogens (tertiary/aromatic N) is 1. The maximum absolute atomic E-state index is 9.55. The topological polar surface area (TPSA) is 77.8 Å². The van der Waals surface area contributed by atoms with Crippen molar-refractivity contribution < 1.29 is 19.8 Å². The first-order valence-corrected chi connectivity index (χ1v) is 11.9. The molecule has 6 heteroatoms. The molecule has 2 N–H and O–H groups in total. The van der Waals surface area contributed by atoms with Gasteiger partial charge in [0.15, 0.2) is 0 Å². The van der Waals surface area contributed by atoms with Gasteiger partial charge in [0.05, 0.1) is 0 Å². The van der Waals surface area contributed by atoms with E-state index in [1.165, 1.54) is 44.9 Å². The van der Waals surface area contributed by atoms with Gasteiger partial charge in [0, 0.05) is 28.5 Å². The molecule has 176 valence electrons. The number of carbonyl (C=O) groups is 2. The first-order valence-electron chi connectivity index (χ1n) is 11.1. The summed E-state index contributed by atoms with van der Waals surface area (Å²) in [5.74, 6) is -1.76. The van der Waals surface area contributed by atoms with E-state index < -0.39 is 11.9 Å². The SMILES string of the molecule is CC(C)CCc1ccc2c(c1)/C(=C\CCN(C)C)c1ccccc1S2.O=C(O)/C=C/C(=O)O. The van der Waals surface area contributed by atoms with Crippen molar-refractivity contribution in [3.05, 3.63) is 77.4 Å². The van der Waals surface area contributed by atoms with E-state index in [2.05, 4.69) is 81.4 Å². The minimum Gasteiger partial charge on any atom is -0.478 e. The van der Waals surface area contributed by atoms with E-state index in [1.54, 1.807) is 0 Å². The molecule has 0 radical (unpaired) electrons. The Kier molecular flexibility index (Phi) is 10.4. The van der Waals surface area contributed by atoms with Crippen LogP contribution >= 0.6 is 11.8 Å². The molecule has 3 rings (SSSR count). The van der Waals surface area contributed by atoms with Gasteiger partial charge in [-0.1, -0.05) is 62.0 Å². The van der Waals surface area contributed by atoms with Crippen LogP contribution in [0.4, 0.5) is 0 Å². The van der Waals surface area contributed by atoms with E-state index in [1.807, 2.05) is 11.8 Å². The van der Waals surface area contributed by atoms with Crippen LogP contribution in [0.3, 0.4) is 0 Å². The van der Waals surface area contributed by atoms with Gasteiger partial charge in [0.2, 0.25) is 0 Å². The summed E-state index contributed by atoms with van der Waals surface area (Å²) in [4.78, 5) is 24.1. The van der Waals surface area contributed by atoms with Gasteiger partial charge < -0.3 is 15.1 Å². The number of benzene rings is 2. The van der Waals surface area contributed by atoms with E-state index >= 15 is 0 Å². The lowest BCUT2D eigenvalue weighted by Crippen LogP contribution is -2.12. The zero-order chi connectivity index (χ0) is 24.4. The Morgan fingerprint density at radius 3 is 2.21 bits per heavy atom. The minimum absolute atomic E-state index is 0.558. The number of carboxylic acids is 2. The lowest BCUT2D eigenvalue weighted by molar-refractivity contribution is -0.134. The van der Waals surface area contributed by atoms with Gasteiger partial charge in [-0.2, -0.15) is 0 Å². The number of hydrogen-bond acceptors (Lipinski definition) is 4. The van der Waals surface area contributed by atoms with E-state index in [9.17, 15) is 9.59 Å². The van der Waals surface area contributed by atoms with Crippen molar-refractivity contribution in [2.24, 2.45) is 5.92 Å². The molecule has 0 aliphatic carbocycles. The summed E-state index contributed by atoms with van der Waals surface area (Å²) in [7, 11) is 4.28. The summed E-state index contributed by atoms with van der Waals surface area (Å²) in [6.45, 7) is 5.69. The fourth-order valence-corrected chi connectivity index (χ4v) is 4.45. The lowest BCUT2D eigenvalue weighted by Gasteiger charge is -2.23. The van der Waals surface area contributed by atoms with E-state index in [-0.39, 0.29) is 0 Å². The molecule has 0 atom stereocenters. The summed E-state index contributed by atoms with van der Waals surface area (Å²) in [5, 5.41) is 15.6. The standard InChI is InChI=1S/C23H29NS.C4H4O4/c1-17(2)11-12-18-13-14-23-21(16-18)19(9-7-15-24(3)4)20-8-5-6-10-22(20)25-23;5-3(6)1-2-4(7)8/h5-6,8-10,13-14,16-17H,7,11-12,15H2,1-4H3;1-2H,(H,5,6)(H,7,8)/b19-9-;2-1+. The Morgan fingerprint density at radius 1 is 0.970 bits per heavy atom. The monoisotopic (exact) mass is 467 g/mol. The first-order chi connectivity index (χ1) is 15.7. The summed E-state index contributed by atoms with van der Waals surface area (Å²) in [5.41, 5.74) is 5.69. The average molecular weight is 468 g/mol. The van der Waals surface area contributed by atoms with Gasteiger partial charge in [0.1, 0.15) is 0 Å². The number of aryl methyl sites for hydroxylation is 1. The molecule has 0 amide bonds. The average Bonchev–Trinajstić information content (AvgIpc) is 2.76. The summed E-state index contributed by atoms with van der Waals surface area (Å²) in [6, 6.07) is 15.9. The Hall–Kier alpha value is -2.83. The molecule has 0 saturated carbocycles. The highest BCUT2D eigenvalue weighted by Crippen LogP contribution is 2.45. The number of fused-ring (bicyclic) bond motifs is 2. The van der Waals surface area contributed by atoms with Crippen LogP contribution in [0.15, 0.2) is 70.5 Å². The molecule has 1 aliphatic heterocycles. The van der Waals surface area contributed by atoms with Crippen molar-refractivity contribution >= 4 is 29.3 Å². The highest BCUT2D eigenvalue weighted by molar-refractivity contribution is 7.99. The maximum Gasteiger partial charge on any atom is 0.328 e. The molecule has 0 bridgehead atoms. The van der Waals surface area contributed by atoms with Crippen LogP contribution in [0.1, 0.15) is 43.4 Å². The Morgan fingerprint density at radius 2 is 1.61 bits per heavy atom. The van der Waals surface area contributed by atoms with Crippen molar-refractivity contribution in [2.75, 3.05) is 20.6 Å². The van der Waals surface area contributed by atoms with Gasteiger partial charge in [-0.05, 0) is 73.7 Å². The van der Waals surface area contributed by atoms with Crippen molar-refractivity contribution in [2.45, 2.75) is 42.9 Å². The minimum atomic E-state index is -1.26. The normalized spacial score (nSPS) is 13.6. The number of rotatable bonds is 8. The molecule has 0 fully saturated rings. The summed E-state index contributed by atoms with van der Waals surface area (Å²) in [6.07, 6.45) is 7.05. The maximum atomic E-state index is 9.55. The summed E-state index contributed by atoms with van der Waals surface area (Å²) < 4.78 is 0. The van der Waals surface area contributed by atoms with E-state index in [4.69, 9.17) is 10.2 Å². The smallest absolute Gasteiger partial charge is 0.328 e. The van der Waals surface area contributed by atoms with Crippen molar-refractivity contribution in [3.63, 3.8) is 0 Å². The fraction of sp³-hybridized carbons (Fsp3) is 0.333. The molecule has 0 saturated heterocycles. The molecule has 0 aromatic heterocycles. The molecule has 33 heavy (non-hydrogen) atoms. The molecule has 1 heterocycles. The predicted molar refractivity (Wildman–Crippen MR) is 135 cm³/mol. The van der Waals surface area contributed by atoms with Crippen LogP contribution in [0.2, 0.25) is 0 Å². The lowest BCUT2D eigenvalue weighted by atomic mass is 9.93. The molecule has 0 unspecified atom stereocenters. The second-order valence-electron chi connectivity index (χ2n) is 8.58. The van der Waals surface area contributed by atoms with Gasteiger partial charge in [0.25, 0.3) is 0 Å². The third-order valence-corrected chi connectivity index (χ3v) is 6.19. The highest BCUT2D eigenvalue weighted by Gasteiger charge is 2.20. The quantitative estimate of drug-likeness (QED) is 0.406. The molecule has 2 aromatic rings. The second-order valence-corrected chi connectivity index (χ2v) is 9.66. The zero-order valence-electron chi connectivity index (χ0n) is 19.7. The van der Waals surface area contributed by atoms with Crippen LogP contribution in [0, 0.1) is 5.92 Å². The fourth-order valence-electron chi connectivity index (χ4n) is 3.36. The highest BCUT2D eigenvalue weighted by atomic mass is 32.2. The molecular weight excluding hydrogens is 434 g/mol. The molecule has 2 aromatic carbocycles. The van der Waals surface area contributed by atoms with Crippen LogP contribution in [0.5, 0.6) is 0 Å². The zero-order valence-corrected chi connectivity index (χ0v) is 20.6. The van der Waals surface area contributed by atoms with Crippen LogP contribution in [0.25, 0.3) is 5.57 Å². The number of aliphatic carboxylic acids is 2. The Labute approximate surface area is 200 Å². The van der Waals surface area contributed by atoms with Crippen molar-refractivity contribution in [3.8, 4) is 0 Å². The van der Waals surface area contributed by atoms with Gasteiger partial charge in [-0.25, -0.2) is 9.59 Å². The number of carboxylic acid groups (broad SMARTS) is 2. The number of hydrogen-bond donors (Lipinski definition) is 2. The third kappa shape index (κ3) is 8.91. The predicted octanol–water partition coefficient (Wildman–Crippen LogP) is 5.84.